The first-order valence-electron chi connectivity index (χ1n) is 6.85. The normalized spacial score (nSPS) is 19.2. The number of aromatic nitrogens is 2. The van der Waals surface area contributed by atoms with Gasteiger partial charge in [0, 0.05) is 25.7 Å². The molecule has 1 atom stereocenters. The summed E-state index contributed by atoms with van der Waals surface area (Å²) in [6.07, 6.45) is 3.24. The summed E-state index contributed by atoms with van der Waals surface area (Å²) in [6, 6.07) is 1.65. The predicted octanol–water partition coefficient (Wildman–Crippen LogP) is 1.09. The van der Waals surface area contributed by atoms with E-state index in [-0.39, 0.29) is 18.4 Å². The number of hydrogen-bond acceptors (Lipinski definition) is 4. The van der Waals surface area contributed by atoms with Crippen LogP contribution in [0.1, 0.15) is 26.7 Å². The number of nitrogens with zero attached hydrogens (tertiary/aromatic N) is 3. The average molecular weight is 323 g/mol. The van der Waals surface area contributed by atoms with E-state index in [0.717, 1.165) is 25.9 Å². The third-order valence-corrected chi connectivity index (χ3v) is 5.41. The maximum absolute atomic E-state index is 12.8. The molecule has 1 N–H and O–H groups in total. The number of sulfonamides is 1. The molecule has 0 amide bonds. The van der Waals surface area contributed by atoms with Gasteiger partial charge in [0.05, 0.1) is 6.20 Å². The van der Waals surface area contributed by atoms with Gasteiger partial charge in [-0.15, -0.1) is 12.4 Å². The van der Waals surface area contributed by atoms with Gasteiger partial charge in [-0.05, 0) is 32.4 Å². The summed E-state index contributed by atoms with van der Waals surface area (Å²) in [4.78, 5) is 0. The van der Waals surface area contributed by atoms with E-state index in [9.17, 15) is 8.42 Å². The van der Waals surface area contributed by atoms with Crippen LogP contribution in [0.4, 0.5) is 0 Å². The Bertz CT molecular complexity index is 511. The van der Waals surface area contributed by atoms with Crippen molar-refractivity contribution >= 4 is 22.4 Å². The van der Waals surface area contributed by atoms with Crippen molar-refractivity contribution in [2.45, 2.75) is 44.3 Å². The highest BCUT2D eigenvalue weighted by Crippen LogP contribution is 2.21. The molecule has 2 heterocycles. The Kier molecular flexibility index (Phi) is 6.44. The lowest BCUT2D eigenvalue weighted by Gasteiger charge is -2.27. The molecule has 0 bridgehead atoms. The minimum Gasteiger partial charge on any atom is -0.315 e. The van der Waals surface area contributed by atoms with Gasteiger partial charge in [0.2, 0.25) is 0 Å². The fraction of sp³-hybridized carbons (Fsp3) is 0.750. The van der Waals surface area contributed by atoms with Gasteiger partial charge in [0.25, 0.3) is 10.0 Å². The van der Waals surface area contributed by atoms with E-state index in [1.807, 2.05) is 13.8 Å². The van der Waals surface area contributed by atoms with Crippen LogP contribution in [0.3, 0.4) is 0 Å². The molecule has 2 rings (SSSR count). The third-order valence-electron chi connectivity index (χ3n) is 3.44. The van der Waals surface area contributed by atoms with Gasteiger partial charge in [-0.2, -0.15) is 9.40 Å². The van der Waals surface area contributed by atoms with Gasteiger partial charge in [-0.25, -0.2) is 8.42 Å². The largest absolute Gasteiger partial charge is 0.315 e. The molecular formula is C12H23ClN4O2S. The topological polar surface area (TPSA) is 67.2 Å². The second kappa shape index (κ2) is 7.40. The molecule has 1 aromatic heterocycles. The quantitative estimate of drug-likeness (QED) is 0.851. The van der Waals surface area contributed by atoms with Crippen molar-refractivity contribution in [3.05, 3.63) is 12.3 Å². The first kappa shape index (κ1) is 17.4. The summed E-state index contributed by atoms with van der Waals surface area (Å²) >= 11 is 0. The Labute approximate surface area is 127 Å². The lowest BCUT2D eigenvalue weighted by Crippen LogP contribution is -2.42. The van der Waals surface area contributed by atoms with E-state index in [1.165, 1.54) is 0 Å². The zero-order chi connectivity index (χ0) is 13.9. The molecule has 1 aromatic rings. The number of hydrogen-bond donors (Lipinski definition) is 1. The van der Waals surface area contributed by atoms with Crippen LogP contribution in [0.5, 0.6) is 0 Å². The van der Waals surface area contributed by atoms with Gasteiger partial charge in [-0.1, -0.05) is 6.92 Å². The molecule has 1 saturated heterocycles. The lowest BCUT2D eigenvalue weighted by molar-refractivity contribution is 0.331. The van der Waals surface area contributed by atoms with E-state index in [1.54, 1.807) is 21.3 Å². The van der Waals surface area contributed by atoms with Crippen molar-refractivity contribution in [1.29, 1.82) is 0 Å². The van der Waals surface area contributed by atoms with E-state index >= 15 is 0 Å². The van der Waals surface area contributed by atoms with E-state index < -0.39 is 10.0 Å². The van der Waals surface area contributed by atoms with Crippen LogP contribution in [0.25, 0.3) is 0 Å². The van der Waals surface area contributed by atoms with Crippen molar-refractivity contribution in [2.75, 3.05) is 19.6 Å². The molecular weight excluding hydrogens is 300 g/mol. The summed E-state index contributed by atoms with van der Waals surface area (Å²) in [7, 11) is -3.45. The highest BCUT2D eigenvalue weighted by Gasteiger charge is 2.34. The fourth-order valence-corrected chi connectivity index (χ4v) is 4.41. The molecule has 1 aliphatic rings. The molecule has 1 fully saturated rings. The van der Waals surface area contributed by atoms with Crippen molar-refractivity contribution in [3.8, 4) is 0 Å². The molecule has 6 nitrogen and oxygen atoms in total. The predicted molar refractivity (Wildman–Crippen MR) is 80.6 cm³/mol. The average Bonchev–Trinajstić information content (AvgIpc) is 3.05. The van der Waals surface area contributed by atoms with Crippen LogP contribution in [0, 0.1) is 0 Å². The first-order valence-corrected chi connectivity index (χ1v) is 8.29. The molecule has 1 unspecified atom stereocenters. The van der Waals surface area contributed by atoms with Crippen LogP contribution in [-0.2, 0) is 16.6 Å². The Balaban J connectivity index is 0.00000200. The summed E-state index contributed by atoms with van der Waals surface area (Å²) < 4.78 is 28.8. The molecule has 0 radical (unpaired) electrons. The van der Waals surface area contributed by atoms with Gasteiger partial charge < -0.3 is 5.32 Å². The zero-order valence-corrected chi connectivity index (χ0v) is 13.6. The molecule has 0 saturated carbocycles. The maximum atomic E-state index is 12.8. The molecule has 0 spiro atoms. The Hall–Kier alpha value is -0.630. The number of rotatable bonds is 6. The van der Waals surface area contributed by atoms with Gasteiger partial charge >= 0.3 is 0 Å². The minimum atomic E-state index is -3.45. The molecule has 0 aromatic carbocycles. The Morgan fingerprint density at radius 2 is 2.25 bits per heavy atom. The first-order chi connectivity index (χ1) is 9.11. The van der Waals surface area contributed by atoms with Gasteiger partial charge in [0.1, 0.15) is 0 Å². The van der Waals surface area contributed by atoms with Crippen LogP contribution in [0.15, 0.2) is 17.3 Å². The van der Waals surface area contributed by atoms with E-state index in [4.69, 9.17) is 0 Å². The van der Waals surface area contributed by atoms with Gasteiger partial charge in [0.15, 0.2) is 5.03 Å². The number of aryl methyl sites for hydroxylation is 1. The van der Waals surface area contributed by atoms with E-state index in [0.29, 0.717) is 18.1 Å². The molecule has 0 aliphatic carbocycles. The zero-order valence-electron chi connectivity index (χ0n) is 11.9. The molecule has 1 aliphatic heterocycles. The molecule has 20 heavy (non-hydrogen) atoms. The summed E-state index contributed by atoms with van der Waals surface area (Å²) in [5.74, 6) is 0. The third kappa shape index (κ3) is 3.33. The summed E-state index contributed by atoms with van der Waals surface area (Å²) in [5.41, 5.74) is 0. The van der Waals surface area contributed by atoms with E-state index in [2.05, 4.69) is 10.4 Å². The summed E-state index contributed by atoms with van der Waals surface area (Å²) in [6.45, 7) is 6.64. The summed E-state index contributed by atoms with van der Waals surface area (Å²) in [5, 5.41) is 7.60. The van der Waals surface area contributed by atoms with Crippen molar-refractivity contribution in [3.63, 3.8) is 0 Å². The fourth-order valence-electron chi connectivity index (χ4n) is 2.50. The van der Waals surface area contributed by atoms with Gasteiger partial charge in [-0.3, -0.25) is 4.68 Å². The standard InChI is InChI=1S/C12H22N4O2S.ClH/c1-3-9-16(11-5-7-13-10-11)19(17,18)12-6-8-14-15(12)4-2;/h6,8,11,13H,3-5,7,9-10H2,1-2H3;1H. The Morgan fingerprint density at radius 3 is 2.80 bits per heavy atom. The van der Waals surface area contributed by atoms with Crippen LogP contribution in [-0.4, -0.2) is 48.2 Å². The minimum absolute atomic E-state index is 0. The number of nitrogens with one attached hydrogen (secondary N) is 1. The molecule has 116 valence electrons. The second-order valence-corrected chi connectivity index (χ2v) is 6.59. The maximum Gasteiger partial charge on any atom is 0.260 e. The number of halogens is 1. The monoisotopic (exact) mass is 322 g/mol. The highest BCUT2D eigenvalue weighted by molar-refractivity contribution is 7.89. The Morgan fingerprint density at radius 1 is 1.50 bits per heavy atom. The van der Waals surface area contributed by atoms with Crippen LogP contribution < -0.4 is 5.32 Å². The highest BCUT2D eigenvalue weighted by atomic mass is 35.5. The van der Waals surface area contributed by atoms with Crippen molar-refractivity contribution in [2.24, 2.45) is 0 Å². The molecule has 8 heteroatoms. The van der Waals surface area contributed by atoms with Crippen LogP contribution >= 0.6 is 12.4 Å². The van der Waals surface area contributed by atoms with Crippen molar-refractivity contribution in [1.82, 2.24) is 19.4 Å². The second-order valence-electron chi connectivity index (χ2n) is 4.75. The van der Waals surface area contributed by atoms with Crippen molar-refractivity contribution < 1.29 is 8.42 Å². The lowest BCUT2D eigenvalue weighted by atomic mass is 10.2. The van der Waals surface area contributed by atoms with Crippen LogP contribution in [0.2, 0.25) is 0 Å². The SMILES string of the molecule is CCCN(C1CCNC1)S(=O)(=O)c1ccnn1CC.Cl. The smallest absolute Gasteiger partial charge is 0.260 e.